The predicted molar refractivity (Wildman–Crippen MR) is 55.9 cm³/mol. The monoisotopic (exact) mass is 222 g/mol. The minimum Gasteiger partial charge on any atom is -0.472 e. The van der Waals surface area contributed by atoms with Crippen molar-refractivity contribution in [2.45, 2.75) is 0 Å². The number of anilines is 1. The summed E-state index contributed by atoms with van der Waals surface area (Å²) in [5.74, 6) is 0.132. The summed E-state index contributed by atoms with van der Waals surface area (Å²) in [4.78, 5) is 15.5. The van der Waals surface area contributed by atoms with Crippen LogP contribution in [0.2, 0.25) is 5.15 Å². The number of nitrogens with one attached hydrogen (secondary N) is 1. The van der Waals surface area contributed by atoms with Gasteiger partial charge in [0.05, 0.1) is 11.8 Å². The highest BCUT2D eigenvalue weighted by atomic mass is 35.5. The van der Waals surface area contributed by atoms with Gasteiger partial charge >= 0.3 is 0 Å². The molecule has 0 saturated heterocycles. The van der Waals surface area contributed by atoms with E-state index in [1.54, 1.807) is 24.3 Å². The third kappa shape index (κ3) is 2.35. The molecule has 0 aliphatic heterocycles. The summed E-state index contributed by atoms with van der Waals surface area (Å²) in [6, 6.07) is 6.57. The Morgan fingerprint density at radius 2 is 2.27 bits per heavy atom. The van der Waals surface area contributed by atoms with Crippen LogP contribution in [0.4, 0.5) is 5.82 Å². The highest BCUT2D eigenvalue weighted by Gasteiger charge is 2.07. The largest absolute Gasteiger partial charge is 0.472 e. The Bertz CT molecular complexity index is 468. The number of carbonyl (C=O) groups is 1. The first-order chi connectivity index (χ1) is 7.25. The number of hydrogen-bond donors (Lipinski definition) is 1. The maximum Gasteiger partial charge on any atom is 0.260 e. The van der Waals surface area contributed by atoms with E-state index in [0.29, 0.717) is 16.5 Å². The minimum atomic E-state index is -0.279. The summed E-state index contributed by atoms with van der Waals surface area (Å²) in [6.07, 6.45) is 2.79. The Morgan fingerprint density at radius 1 is 1.40 bits per heavy atom. The van der Waals surface area contributed by atoms with E-state index in [1.165, 1.54) is 12.5 Å². The van der Waals surface area contributed by atoms with Crippen molar-refractivity contribution in [3.8, 4) is 0 Å². The first-order valence-corrected chi connectivity index (χ1v) is 4.59. The number of halogens is 1. The molecule has 0 saturated carbocycles. The first kappa shape index (κ1) is 9.73. The second-order valence-corrected chi connectivity index (χ2v) is 3.20. The van der Waals surface area contributed by atoms with Gasteiger partial charge in [0.2, 0.25) is 0 Å². The zero-order valence-electron chi connectivity index (χ0n) is 7.61. The van der Waals surface area contributed by atoms with Crippen LogP contribution in [0, 0.1) is 0 Å². The van der Waals surface area contributed by atoms with Crippen LogP contribution in [0.1, 0.15) is 10.4 Å². The van der Waals surface area contributed by atoms with Crippen LogP contribution in [-0.4, -0.2) is 10.9 Å². The molecule has 0 aromatic carbocycles. The van der Waals surface area contributed by atoms with Crippen molar-refractivity contribution in [3.63, 3.8) is 0 Å². The van der Waals surface area contributed by atoms with Gasteiger partial charge in [-0.3, -0.25) is 4.79 Å². The summed E-state index contributed by atoms with van der Waals surface area (Å²) in [6.45, 7) is 0. The molecule has 0 atom stereocenters. The molecule has 76 valence electrons. The topological polar surface area (TPSA) is 55.1 Å². The Hall–Kier alpha value is -1.81. The van der Waals surface area contributed by atoms with E-state index in [-0.39, 0.29) is 5.91 Å². The lowest BCUT2D eigenvalue weighted by Gasteiger charge is -2.01. The maximum atomic E-state index is 11.5. The zero-order valence-corrected chi connectivity index (χ0v) is 8.36. The van der Waals surface area contributed by atoms with Crippen LogP contribution in [0.25, 0.3) is 0 Å². The van der Waals surface area contributed by atoms with E-state index in [1.807, 2.05) is 0 Å². The minimum absolute atomic E-state index is 0.279. The third-order valence-electron chi connectivity index (χ3n) is 1.74. The molecule has 2 aromatic rings. The van der Waals surface area contributed by atoms with Gasteiger partial charge in [0.1, 0.15) is 17.2 Å². The van der Waals surface area contributed by atoms with Crippen LogP contribution in [0.15, 0.2) is 41.2 Å². The van der Waals surface area contributed by atoms with Gasteiger partial charge in [-0.2, -0.15) is 0 Å². The van der Waals surface area contributed by atoms with Crippen LogP contribution in [0.5, 0.6) is 0 Å². The summed E-state index contributed by atoms with van der Waals surface area (Å²) >= 11 is 5.67. The molecule has 2 heterocycles. The lowest BCUT2D eigenvalue weighted by Crippen LogP contribution is -2.11. The number of nitrogens with zero attached hydrogens (tertiary/aromatic N) is 1. The van der Waals surface area contributed by atoms with E-state index in [4.69, 9.17) is 16.0 Å². The van der Waals surface area contributed by atoms with Crippen LogP contribution >= 0.6 is 11.6 Å². The van der Waals surface area contributed by atoms with Crippen LogP contribution in [0.3, 0.4) is 0 Å². The average molecular weight is 223 g/mol. The van der Waals surface area contributed by atoms with Gasteiger partial charge in [-0.05, 0) is 18.2 Å². The molecule has 0 radical (unpaired) electrons. The van der Waals surface area contributed by atoms with Gasteiger partial charge in [0, 0.05) is 0 Å². The lowest BCUT2D eigenvalue weighted by atomic mass is 10.3. The van der Waals surface area contributed by atoms with Gasteiger partial charge in [-0.1, -0.05) is 17.7 Å². The lowest BCUT2D eigenvalue weighted by molar-refractivity contribution is 0.102. The van der Waals surface area contributed by atoms with Crippen molar-refractivity contribution in [1.29, 1.82) is 0 Å². The Kier molecular flexibility index (Phi) is 2.69. The SMILES string of the molecule is O=C(Nc1cccc(Cl)n1)c1ccoc1. The smallest absolute Gasteiger partial charge is 0.260 e. The molecule has 0 aliphatic rings. The normalized spacial score (nSPS) is 9.93. The molecule has 4 nitrogen and oxygen atoms in total. The standard InChI is InChI=1S/C10H7ClN2O2/c11-8-2-1-3-9(12-8)13-10(14)7-4-5-15-6-7/h1-6H,(H,12,13,14). The molecule has 0 unspecified atom stereocenters. The zero-order chi connectivity index (χ0) is 10.7. The van der Waals surface area contributed by atoms with Crippen molar-refractivity contribution in [2.24, 2.45) is 0 Å². The molecule has 1 amide bonds. The molecule has 1 N–H and O–H groups in total. The van der Waals surface area contributed by atoms with Gasteiger partial charge in [-0.25, -0.2) is 4.98 Å². The molecule has 2 rings (SSSR count). The summed E-state index contributed by atoms with van der Waals surface area (Å²) < 4.78 is 4.79. The fourth-order valence-electron chi connectivity index (χ4n) is 1.06. The van der Waals surface area contributed by atoms with Crippen LogP contribution in [-0.2, 0) is 0 Å². The number of carbonyl (C=O) groups excluding carboxylic acids is 1. The molecule has 0 spiro atoms. The molecule has 15 heavy (non-hydrogen) atoms. The van der Waals surface area contributed by atoms with Crippen LogP contribution < -0.4 is 5.32 Å². The summed E-state index contributed by atoms with van der Waals surface area (Å²) in [7, 11) is 0. The van der Waals surface area contributed by atoms with Gasteiger partial charge in [0.25, 0.3) is 5.91 Å². The van der Waals surface area contributed by atoms with E-state index in [2.05, 4.69) is 10.3 Å². The highest BCUT2D eigenvalue weighted by Crippen LogP contribution is 2.10. The van der Waals surface area contributed by atoms with Gasteiger partial charge in [0.15, 0.2) is 0 Å². The van der Waals surface area contributed by atoms with Crippen molar-refractivity contribution < 1.29 is 9.21 Å². The Balaban J connectivity index is 2.13. The van der Waals surface area contributed by atoms with Gasteiger partial charge < -0.3 is 9.73 Å². The number of pyridine rings is 1. The number of hydrogen-bond acceptors (Lipinski definition) is 3. The molecule has 2 aromatic heterocycles. The van der Waals surface area contributed by atoms with Crippen molar-refractivity contribution in [3.05, 3.63) is 47.5 Å². The quantitative estimate of drug-likeness (QED) is 0.795. The number of furan rings is 1. The molecular weight excluding hydrogens is 216 g/mol. The van der Waals surface area contributed by atoms with Crippen molar-refractivity contribution in [2.75, 3.05) is 5.32 Å². The molecule has 0 bridgehead atoms. The predicted octanol–water partition coefficient (Wildman–Crippen LogP) is 2.58. The fourth-order valence-corrected chi connectivity index (χ4v) is 1.22. The van der Waals surface area contributed by atoms with Crippen molar-refractivity contribution in [1.82, 2.24) is 4.98 Å². The number of aromatic nitrogens is 1. The van der Waals surface area contributed by atoms with E-state index in [9.17, 15) is 4.79 Å². The fraction of sp³-hybridized carbons (Fsp3) is 0. The number of amides is 1. The second-order valence-electron chi connectivity index (χ2n) is 2.81. The van der Waals surface area contributed by atoms with E-state index < -0.39 is 0 Å². The number of rotatable bonds is 2. The van der Waals surface area contributed by atoms with E-state index >= 15 is 0 Å². The Morgan fingerprint density at radius 3 is 2.93 bits per heavy atom. The third-order valence-corrected chi connectivity index (χ3v) is 1.95. The molecule has 0 aliphatic carbocycles. The van der Waals surface area contributed by atoms with E-state index in [0.717, 1.165) is 0 Å². The molecular formula is C10H7ClN2O2. The maximum absolute atomic E-state index is 11.5. The van der Waals surface area contributed by atoms with Gasteiger partial charge in [-0.15, -0.1) is 0 Å². The molecule has 5 heteroatoms. The molecule has 0 fully saturated rings. The van der Waals surface area contributed by atoms with Crippen molar-refractivity contribution >= 4 is 23.3 Å². The Labute approximate surface area is 90.9 Å². The average Bonchev–Trinajstić information content (AvgIpc) is 2.70. The summed E-state index contributed by atoms with van der Waals surface area (Å²) in [5, 5.41) is 2.92. The first-order valence-electron chi connectivity index (χ1n) is 4.22. The highest BCUT2D eigenvalue weighted by molar-refractivity contribution is 6.29. The second kappa shape index (κ2) is 4.14. The summed E-state index contributed by atoms with van der Waals surface area (Å²) in [5.41, 5.74) is 0.441.